The first-order chi connectivity index (χ1) is 10.6. The zero-order valence-electron chi connectivity index (χ0n) is 13.1. The fourth-order valence-corrected chi connectivity index (χ4v) is 3.19. The van der Waals surface area contributed by atoms with E-state index in [0.29, 0.717) is 18.9 Å². The van der Waals surface area contributed by atoms with Gasteiger partial charge in [0.2, 0.25) is 5.91 Å². The normalized spacial score (nSPS) is 19.8. The van der Waals surface area contributed by atoms with Crippen LogP contribution in [0, 0.1) is 5.92 Å². The van der Waals surface area contributed by atoms with E-state index >= 15 is 0 Å². The molecule has 2 atom stereocenters. The lowest BCUT2D eigenvalue weighted by molar-refractivity contribution is -0.133. The largest absolute Gasteiger partial charge is 0.492 e. The van der Waals surface area contributed by atoms with Gasteiger partial charge in [-0.15, -0.1) is 0 Å². The number of likely N-dealkylation sites (tertiary alicyclic amines) is 1. The number of halogens is 1. The van der Waals surface area contributed by atoms with Crippen LogP contribution >= 0.6 is 15.9 Å². The number of piperidine rings is 1. The first-order valence-electron chi connectivity index (χ1n) is 7.98. The van der Waals surface area contributed by atoms with Gasteiger partial charge in [-0.25, -0.2) is 0 Å². The summed E-state index contributed by atoms with van der Waals surface area (Å²) in [5.74, 6) is 1.49. The highest BCUT2D eigenvalue weighted by molar-refractivity contribution is 9.10. The number of nitrogens with two attached hydrogens (primary N) is 1. The zero-order chi connectivity index (χ0) is 15.9. The monoisotopic (exact) mass is 368 g/mol. The van der Waals surface area contributed by atoms with E-state index in [-0.39, 0.29) is 11.9 Å². The van der Waals surface area contributed by atoms with Crippen LogP contribution in [-0.4, -0.2) is 36.5 Å². The summed E-state index contributed by atoms with van der Waals surface area (Å²) in [4.78, 5) is 14.2. The van der Waals surface area contributed by atoms with Gasteiger partial charge in [-0.3, -0.25) is 4.79 Å². The second-order valence-electron chi connectivity index (χ2n) is 5.98. The molecule has 1 amide bonds. The van der Waals surface area contributed by atoms with Crippen LogP contribution < -0.4 is 10.5 Å². The Bertz CT molecular complexity index is 493. The predicted molar refractivity (Wildman–Crippen MR) is 91.8 cm³/mol. The van der Waals surface area contributed by atoms with E-state index in [4.69, 9.17) is 10.5 Å². The summed E-state index contributed by atoms with van der Waals surface area (Å²) in [5, 5.41) is 0. The lowest BCUT2D eigenvalue weighted by Gasteiger charge is -2.34. The third-order valence-electron chi connectivity index (χ3n) is 4.18. The quantitative estimate of drug-likeness (QED) is 0.784. The number of rotatable bonds is 6. The summed E-state index contributed by atoms with van der Waals surface area (Å²) in [6.45, 7) is 4.26. The summed E-state index contributed by atoms with van der Waals surface area (Å²) in [7, 11) is 0. The minimum Gasteiger partial charge on any atom is -0.492 e. The minimum atomic E-state index is 0.161. The Hall–Kier alpha value is -1.07. The van der Waals surface area contributed by atoms with Crippen molar-refractivity contribution < 1.29 is 9.53 Å². The molecule has 1 saturated heterocycles. The Morgan fingerprint density at radius 3 is 3.00 bits per heavy atom. The highest BCUT2D eigenvalue weighted by Gasteiger charge is 2.25. The van der Waals surface area contributed by atoms with Crippen molar-refractivity contribution in [2.24, 2.45) is 11.7 Å². The molecule has 5 heteroatoms. The first-order valence-corrected chi connectivity index (χ1v) is 8.78. The van der Waals surface area contributed by atoms with E-state index in [1.165, 1.54) is 0 Å². The molecule has 0 radical (unpaired) electrons. The maximum absolute atomic E-state index is 12.3. The number of hydrogen-bond donors (Lipinski definition) is 1. The summed E-state index contributed by atoms with van der Waals surface area (Å²) >= 11 is 3.45. The van der Waals surface area contributed by atoms with Crippen LogP contribution in [0.4, 0.5) is 0 Å². The second kappa shape index (κ2) is 8.53. The van der Waals surface area contributed by atoms with Crippen molar-refractivity contribution in [3.05, 3.63) is 28.7 Å². The van der Waals surface area contributed by atoms with Crippen LogP contribution in [0.3, 0.4) is 0 Å². The highest BCUT2D eigenvalue weighted by atomic mass is 79.9. The van der Waals surface area contributed by atoms with Gasteiger partial charge in [0.1, 0.15) is 5.75 Å². The third-order valence-corrected chi connectivity index (χ3v) is 4.84. The number of nitrogens with zero attached hydrogens (tertiary/aromatic N) is 1. The summed E-state index contributed by atoms with van der Waals surface area (Å²) in [6, 6.07) is 7.92. The standard InChI is InChI=1S/C17H25BrN2O2/c1-13(19)14-6-4-10-20(12-14)17(21)9-5-11-22-16-8-3-2-7-15(16)18/h2-3,7-8,13-14H,4-6,9-12,19H2,1H3/t13-,14-/m0/s1. The molecule has 0 aromatic heterocycles. The number of hydrogen-bond acceptors (Lipinski definition) is 3. The molecule has 4 nitrogen and oxygen atoms in total. The van der Waals surface area contributed by atoms with Gasteiger partial charge in [-0.1, -0.05) is 12.1 Å². The zero-order valence-corrected chi connectivity index (χ0v) is 14.7. The van der Waals surface area contributed by atoms with Gasteiger partial charge in [0, 0.05) is 25.6 Å². The molecule has 0 spiro atoms. The molecule has 1 aromatic rings. The summed E-state index contributed by atoms with van der Waals surface area (Å²) in [5.41, 5.74) is 5.97. The van der Waals surface area contributed by atoms with Crippen LogP contribution in [0.1, 0.15) is 32.6 Å². The first kappa shape index (κ1) is 17.3. The number of ether oxygens (including phenoxy) is 1. The van der Waals surface area contributed by atoms with Gasteiger partial charge in [-0.05, 0) is 60.2 Å². The van der Waals surface area contributed by atoms with Crippen LogP contribution in [0.2, 0.25) is 0 Å². The van der Waals surface area contributed by atoms with Crippen molar-refractivity contribution in [2.75, 3.05) is 19.7 Å². The van der Waals surface area contributed by atoms with Crippen LogP contribution in [0.25, 0.3) is 0 Å². The molecule has 2 N–H and O–H groups in total. The van der Waals surface area contributed by atoms with Crippen molar-refractivity contribution in [2.45, 2.75) is 38.6 Å². The van der Waals surface area contributed by atoms with Crippen molar-refractivity contribution in [3.8, 4) is 5.75 Å². The highest BCUT2D eigenvalue weighted by Crippen LogP contribution is 2.24. The van der Waals surface area contributed by atoms with E-state index in [0.717, 1.165) is 42.6 Å². The molecule has 22 heavy (non-hydrogen) atoms. The molecule has 1 aliphatic heterocycles. The SMILES string of the molecule is C[C@H](N)[C@H]1CCCN(C(=O)CCCOc2ccccc2Br)C1. The Morgan fingerprint density at radius 1 is 1.50 bits per heavy atom. The Morgan fingerprint density at radius 2 is 2.27 bits per heavy atom. The van der Waals surface area contributed by atoms with Crippen molar-refractivity contribution >= 4 is 21.8 Å². The average molecular weight is 369 g/mol. The van der Waals surface area contributed by atoms with Crippen LogP contribution in [0.5, 0.6) is 5.75 Å². The maximum atomic E-state index is 12.3. The fourth-order valence-electron chi connectivity index (χ4n) is 2.79. The number of carbonyl (C=O) groups excluding carboxylic acids is 1. The average Bonchev–Trinajstić information content (AvgIpc) is 2.53. The molecule has 0 aliphatic carbocycles. The van der Waals surface area contributed by atoms with E-state index < -0.39 is 0 Å². The molecular formula is C17H25BrN2O2. The van der Waals surface area contributed by atoms with E-state index in [1.807, 2.05) is 36.1 Å². The molecule has 0 saturated carbocycles. The molecule has 1 aromatic carbocycles. The summed E-state index contributed by atoms with van der Waals surface area (Å²) < 4.78 is 6.64. The Kier molecular flexibility index (Phi) is 6.70. The second-order valence-corrected chi connectivity index (χ2v) is 6.84. The Balaban J connectivity index is 1.70. The van der Waals surface area contributed by atoms with Crippen molar-refractivity contribution in [1.29, 1.82) is 0 Å². The lowest BCUT2D eigenvalue weighted by Crippen LogP contribution is -2.45. The summed E-state index contributed by atoms with van der Waals surface area (Å²) in [6.07, 6.45) is 3.47. The van der Waals surface area contributed by atoms with Gasteiger partial charge < -0.3 is 15.4 Å². The van der Waals surface area contributed by atoms with E-state index in [2.05, 4.69) is 15.9 Å². The number of amides is 1. The number of carbonyl (C=O) groups is 1. The van der Waals surface area contributed by atoms with Gasteiger partial charge in [0.15, 0.2) is 0 Å². The maximum Gasteiger partial charge on any atom is 0.222 e. The van der Waals surface area contributed by atoms with E-state index in [9.17, 15) is 4.79 Å². The van der Waals surface area contributed by atoms with Gasteiger partial charge in [0.05, 0.1) is 11.1 Å². The van der Waals surface area contributed by atoms with Crippen LogP contribution in [-0.2, 0) is 4.79 Å². The third kappa shape index (κ3) is 4.99. The topological polar surface area (TPSA) is 55.6 Å². The van der Waals surface area contributed by atoms with Gasteiger partial charge >= 0.3 is 0 Å². The fraction of sp³-hybridized carbons (Fsp3) is 0.588. The lowest BCUT2D eigenvalue weighted by atomic mass is 9.92. The number of para-hydroxylation sites is 1. The molecule has 1 heterocycles. The van der Waals surface area contributed by atoms with Crippen molar-refractivity contribution in [3.63, 3.8) is 0 Å². The van der Waals surface area contributed by atoms with Crippen molar-refractivity contribution in [1.82, 2.24) is 4.90 Å². The van der Waals surface area contributed by atoms with Crippen LogP contribution in [0.15, 0.2) is 28.7 Å². The molecular weight excluding hydrogens is 344 g/mol. The molecule has 0 unspecified atom stereocenters. The van der Waals surface area contributed by atoms with Gasteiger partial charge in [0.25, 0.3) is 0 Å². The predicted octanol–water partition coefficient (Wildman–Crippen LogP) is 3.19. The molecule has 2 rings (SSSR count). The smallest absolute Gasteiger partial charge is 0.222 e. The molecule has 1 fully saturated rings. The molecule has 1 aliphatic rings. The minimum absolute atomic E-state index is 0.161. The van der Waals surface area contributed by atoms with Gasteiger partial charge in [-0.2, -0.15) is 0 Å². The van der Waals surface area contributed by atoms with E-state index in [1.54, 1.807) is 0 Å². The molecule has 0 bridgehead atoms. The Labute approximate surface area is 141 Å². The number of benzene rings is 1. The molecule has 122 valence electrons.